The molecule has 2 aromatic heterocycles. The minimum Gasteiger partial charge on any atom is -0.381 e. The van der Waals surface area contributed by atoms with Gasteiger partial charge in [0, 0.05) is 19.8 Å². The van der Waals surface area contributed by atoms with Gasteiger partial charge in [0.2, 0.25) is 0 Å². The van der Waals surface area contributed by atoms with Crippen molar-refractivity contribution in [1.82, 2.24) is 24.6 Å². The molecule has 4 heterocycles. The van der Waals surface area contributed by atoms with Crippen molar-refractivity contribution in [3.63, 3.8) is 0 Å². The van der Waals surface area contributed by atoms with Gasteiger partial charge in [-0.3, -0.25) is 9.69 Å². The van der Waals surface area contributed by atoms with E-state index in [0.29, 0.717) is 11.0 Å². The highest BCUT2D eigenvalue weighted by Gasteiger charge is 2.29. The number of hydrogen-bond acceptors (Lipinski definition) is 5. The summed E-state index contributed by atoms with van der Waals surface area (Å²) in [6, 6.07) is 10.9. The fourth-order valence-electron chi connectivity index (χ4n) is 4.45. The van der Waals surface area contributed by atoms with Crippen molar-refractivity contribution in [3.05, 3.63) is 58.3 Å². The van der Waals surface area contributed by atoms with Crippen LogP contribution < -0.4 is 5.56 Å². The summed E-state index contributed by atoms with van der Waals surface area (Å²) in [4.78, 5) is 23.1. The Morgan fingerprint density at radius 3 is 2.79 bits per heavy atom. The van der Waals surface area contributed by atoms with E-state index in [1.807, 2.05) is 10.7 Å². The molecule has 0 amide bonds. The Labute approximate surface area is 163 Å². The molecule has 1 N–H and O–H groups in total. The van der Waals surface area contributed by atoms with Crippen LogP contribution in [0.2, 0.25) is 0 Å². The first-order valence-electron chi connectivity index (χ1n) is 10.1. The minimum atomic E-state index is -0.0927. The quantitative estimate of drug-likeness (QED) is 0.754. The van der Waals surface area contributed by atoms with Gasteiger partial charge in [-0.15, -0.1) is 0 Å². The molecular weight excluding hydrogens is 354 g/mol. The molecule has 1 aromatic carbocycles. The zero-order chi connectivity index (χ0) is 18.9. The first-order chi connectivity index (χ1) is 13.8. The molecule has 146 valence electrons. The van der Waals surface area contributed by atoms with Crippen LogP contribution in [0.1, 0.15) is 49.2 Å². The lowest BCUT2D eigenvalue weighted by molar-refractivity contribution is 0.0673. The molecule has 2 aliphatic heterocycles. The number of nitrogens with one attached hydrogen (secondary N) is 1. The maximum Gasteiger partial charge on any atom is 0.262 e. The Balaban J connectivity index is 1.48. The zero-order valence-corrected chi connectivity index (χ0v) is 15.9. The van der Waals surface area contributed by atoms with E-state index in [2.05, 4.69) is 39.2 Å². The monoisotopic (exact) mass is 379 g/mol. The van der Waals surface area contributed by atoms with E-state index in [4.69, 9.17) is 9.72 Å². The molecule has 0 bridgehead atoms. The Morgan fingerprint density at radius 1 is 1.14 bits per heavy atom. The summed E-state index contributed by atoms with van der Waals surface area (Å²) < 4.78 is 7.41. The summed E-state index contributed by atoms with van der Waals surface area (Å²) in [6.07, 6.45) is 5.58. The van der Waals surface area contributed by atoms with Crippen LogP contribution in [0.15, 0.2) is 41.3 Å². The Hall–Kier alpha value is -2.51. The summed E-state index contributed by atoms with van der Waals surface area (Å²) in [6.45, 7) is 3.35. The fraction of sp³-hybridized carbons (Fsp3) is 0.476. The molecule has 1 unspecified atom stereocenters. The Bertz CT molecular complexity index is 1010. The van der Waals surface area contributed by atoms with Gasteiger partial charge in [-0.2, -0.15) is 5.10 Å². The average molecular weight is 379 g/mol. The van der Waals surface area contributed by atoms with Crippen LogP contribution in [0.4, 0.5) is 0 Å². The number of H-pyrrole nitrogens is 1. The van der Waals surface area contributed by atoms with E-state index in [-0.39, 0.29) is 17.6 Å². The molecule has 7 nitrogen and oxygen atoms in total. The molecule has 2 fully saturated rings. The molecule has 5 rings (SSSR count). The lowest BCUT2D eigenvalue weighted by Gasteiger charge is -2.25. The highest BCUT2D eigenvalue weighted by molar-refractivity contribution is 5.73. The van der Waals surface area contributed by atoms with Crippen molar-refractivity contribution in [2.75, 3.05) is 19.8 Å². The van der Waals surface area contributed by atoms with E-state index in [1.165, 1.54) is 5.56 Å². The van der Waals surface area contributed by atoms with Crippen molar-refractivity contribution in [1.29, 1.82) is 0 Å². The second-order valence-electron chi connectivity index (χ2n) is 7.74. The lowest BCUT2D eigenvalue weighted by Crippen LogP contribution is -2.27. The number of aromatic nitrogens is 4. The number of likely N-dealkylation sites (tertiary alicyclic amines) is 1. The van der Waals surface area contributed by atoms with Gasteiger partial charge in [0.1, 0.15) is 11.2 Å². The normalized spacial score (nSPS) is 21.5. The highest BCUT2D eigenvalue weighted by atomic mass is 16.5. The third-order valence-electron chi connectivity index (χ3n) is 5.93. The van der Waals surface area contributed by atoms with E-state index in [9.17, 15) is 4.79 Å². The lowest BCUT2D eigenvalue weighted by atomic mass is 10.1. The van der Waals surface area contributed by atoms with Gasteiger partial charge in [-0.25, -0.2) is 9.67 Å². The summed E-state index contributed by atoms with van der Waals surface area (Å²) in [5.74, 6) is 0.764. The molecule has 0 radical (unpaired) electrons. The third-order valence-corrected chi connectivity index (χ3v) is 5.93. The first-order valence-corrected chi connectivity index (χ1v) is 10.1. The topological polar surface area (TPSA) is 76.0 Å². The van der Waals surface area contributed by atoms with Gasteiger partial charge in [0.05, 0.1) is 18.3 Å². The average Bonchev–Trinajstić information content (AvgIpc) is 3.36. The van der Waals surface area contributed by atoms with E-state index in [1.54, 1.807) is 6.20 Å². The van der Waals surface area contributed by atoms with Crippen LogP contribution in [0, 0.1) is 0 Å². The number of benzene rings is 1. The third kappa shape index (κ3) is 3.25. The number of aromatic amines is 1. The van der Waals surface area contributed by atoms with Crippen molar-refractivity contribution in [3.8, 4) is 0 Å². The van der Waals surface area contributed by atoms with Crippen molar-refractivity contribution in [2.24, 2.45) is 0 Å². The van der Waals surface area contributed by atoms with Crippen LogP contribution in [0.5, 0.6) is 0 Å². The SMILES string of the molecule is O=c1[nH]c(C2CCCN2Cc2ccccc2)nc2c1cnn2C1CCOCC1. The van der Waals surface area contributed by atoms with Gasteiger partial charge in [0.15, 0.2) is 5.65 Å². The van der Waals surface area contributed by atoms with Gasteiger partial charge in [-0.05, 0) is 37.8 Å². The van der Waals surface area contributed by atoms with E-state index < -0.39 is 0 Å². The van der Waals surface area contributed by atoms with Crippen LogP contribution in [0.25, 0.3) is 11.0 Å². The zero-order valence-electron chi connectivity index (χ0n) is 15.9. The van der Waals surface area contributed by atoms with Gasteiger partial charge >= 0.3 is 0 Å². The number of nitrogens with zero attached hydrogens (tertiary/aromatic N) is 4. The second kappa shape index (κ2) is 7.48. The Kier molecular flexibility index (Phi) is 4.70. The molecule has 0 aliphatic carbocycles. The molecular formula is C21H25N5O2. The molecule has 0 saturated carbocycles. The molecule has 2 aliphatic rings. The standard InChI is InChI=1S/C21H25N5O2/c27-21-17-13-22-26(16-8-11-28-12-9-16)20(17)23-19(24-21)18-7-4-10-25(18)14-15-5-2-1-3-6-15/h1-3,5-6,13,16,18H,4,7-12,14H2,(H,23,24,27). The highest BCUT2D eigenvalue weighted by Crippen LogP contribution is 2.32. The maximum atomic E-state index is 12.7. The predicted molar refractivity (Wildman–Crippen MR) is 106 cm³/mol. The first kappa shape index (κ1) is 17.6. The Morgan fingerprint density at radius 2 is 1.96 bits per heavy atom. The van der Waals surface area contributed by atoms with E-state index in [0.717, 1.165) is 57.8 Å². The largest absolute Gasteiger partial charge is 0.381 e. The minimum absolute atomic E-state index is 0.0927. The van der Waals surface area contributed by atoms with E-state index >= 15 is 0 Å². The van der Waals surface area contributed by atoms with Crippen molar-refractivity contribution in [2.45, 2.75) is 44.3 Å². The predicted octanol–water partition coefficient (Wildman–Crippen LogP) is 2.81. The van der Waals surface area contributed by atoms with Gasteiger partial charge in [-0.1, -0.05) is 30.3 Å². The molecule has 0 spiro atoms. The molecule has 28 heavy (non-hydrogen) atoms. The maximum absolute atomic E-state index is 12.7. The molecule has 2 saturated heterocycles. The number of fused-ring (bicyclic) bond motifs is 1. The summed E-state index contributed by atoms with van der Waals surface area (Å²) in [7, 11) is 0. The van der Waals surface area contributed by atoms with Gasteiger partial charge in [0.25, 0.3) is 5.56 Å². The van der Waals surface area contributed by atoms with Gasteiger partial charge < -0.3 is 9.72 Å². The number of hydrogen-bond donors (Lipinski definition) is 1. The fourth-order valence-corrected chi connectivity index (χ4v) is 4.45. The summed E-state index contributed by atoms with van der Waals surface area (Å²) in [5.41, 5.74) is 1.90. The van der Waals surface area contributed by atoms with Crippen LogP contribution in [0.3, 0.4) is 0 Å². The summed E-state index contributed by atoms with van der Waals surface area (Å²) >= 11 is 0. The summed E-state index contributed by atoms with van der Waals surface area (Å²) in [5, 5.41) is 5.07. The molecule has 7 heteroatoms. The molecule has 1 atom stereocenters. The molecule has 3 aromatic rings. The number of rotatable bonds is 4. The van der Waals surface area contributed by atoms with Crippen LogP contribution in [-0.2, 0) is 11.3 Å². The van der Waals surface area contributed by atoms with Crippen LogP contribution >= 0.6 is 0 Å². The van der Waals surface area contributed by atoms with Crippen molar-refractivity contribution < 1.29 is 4.74 Å². The number of ether oxygens (including phenoxy) is 1. The van der Waals surface area contributed by atoms with Crippen LogP contribution in [-0.4, -0.2) is 44.4 Å². The smallest absolute Gasteiger partial charge is 0.262 e. The van der Waals surface area contributed by atoms with Crippen molar-refractivity contribution >= 4 is 11.0 Å². The second-order valence-corrected chi connectivity index (χ2v) is 7.74.